The van der Waals surface area contributed by atoms with Crippen LogP contribution in [0.25, 0.3) is 0 Å². The number of hydrogen-bond acceptors (Lipinski definition) is 5. The van der Waals surface area contributed by atoms with E-state index in [1.165, 1.54) is 6.08 Å². The maximum atomic E-state index is 15.2. The first kappa shape index (κ1) is 19.2. The molecule has 0 aliphatic heterocycles. The molecule has 4 rings (SSSR count). The Morgan fingerprint density at radius 1 is 1.33 bits per heavy atom. The van der Waals surface area contributed by atoms with Crippen LogP contribution in [-0.4, -0.2) is 51.4 Å². The number of allylic oxidation sites excluding steroid dienone is 1. The first-order valence-corrected chi connectivity index (χ1v) is 10.0. The molecule has 4 aliphatic rings. The fraction of sp³-hybridized carbons (Fsp3) is 0.810. The van der Waals surface area contributed by atoms with E-state index in [0.717, 1.165) is 0 Å². The van der Waals surface area contributed by atoms with E-state index >= 15 is 4.39 Å². The van der Waals surface area contributed by atoms with Crippen molar-refractivity contribution in [2.45, 2.75) is 70.2 Å². The minimum Gasteiger partial charge on any atom is -0.393 e. The summed E-state index contributed by atoms with van der Waals surface area (Å²) in [6.45, 7) is 3.03. The highest BCUT2D eigenvalue weighted by atomic mass is 19.1. The fourth-order valence-corrected chi connectivity index (χ4v) is 7.29. The quantitative estimate of drug-likeness (QED) is 0.678. The third-order valence-electron chi connectivity index (χ3n) is 8.63. The molecular formula is C21H29FO5. The predicted molar refractivity (Wildman–Crippen MR) is 95.4 cm³/mol. The monoisotopic (exact) mass is 380 g/mol. The normalized spacial score (nSPS) is 51.9. The van der Waals surface area contributed by atoms with Crippen molar-refractivity contribution in [3.8, 4) is 0 Å². The Hall–Kier alpha value is -1.11. The average molecular weight is 380 g/mol. The molecule has 0 bridgehead atoms. The molecule has 0 unspecified atom stereocenters. The second kappa shape index (κ2) is 5.94. The lowest BCUT2D eigenvalue weighted by Gasteiger charge is -2.61. The summed E-state index contributed by atoms with van der Waals surface area (Å²) in [5.74, 6) is -1.11. The number of ketones is 2. The van der Waals surface area contributed by atoms with Crippen molar-refractivity contribution in [2.75, 3.05) is 6.61 Å². The SMILES string of the molecule is C[C@]12CCC(=O)C=C1[C@H](F)C[C@@H]1[C@@H]2[C@H](O)C[C@@]2(C)[C@H]1CC[C@]2(O)C(=O)CO. The first-order valence-electron chi connectivity index (χ1n) is 10.0. The highest BCUT2D eigenvalue weighted by Gasteiger charge is 2.69. The van der Waals surface area contributed by atoms with Crippen molar-refractivity contribution >= 4 is 11.6 Å². The Kier molecular flexibility index (Phi) is 4.23. The Morgan fingerprint density at radius 2 is 2.04 bits per heavy atom. The van der Waals surface area contributed by atoms with Gasteiger partial charge >= 0.3 is 0 Å². The topological polar surface area (TPSA) is 94.8 Å². The van der Waals surface area contributed by atoms with Crippen molar-refractivity contribution in [3.05, 3.63) is 11.6 Å². The van der Waals surface area contributed by atoms with Crippen molar-refractivity contribution in [3.63, 3.8) is 0 Å². The molecule has 3 saturated carbocycles. The van der Waals surface area contributed by atoms with Gasteiger partial charge in [0.25, 0.3) is 0 Å². The van der Waals surface area contributed by atoms with Crippen LogP contribution in [0.15, 0.2) is 11.6 Å². The van der Waals surface area contributed by atoms with Crippen molar-refractivity contribution in [1.82, 2.24) is 0 Å². The van der Waals surface area contributed by atoms with Gasteiger partial charge in [-0.05, 0) is 66.9 Å². The van der Waals surface area contributed by atoms with Crippen molar-refractivity contribution in [1.29, 1.82) is 0 Å². The van der Waals surface area contributed by atoms with Gasteiger partial charge in [-0.3, -0.25) is 9.59 Å². The Labute approximate surface area is 158 Å². The lowest BCUT2D eigenvalue weighted by atomic mass is 9.45. The third kappa shape index (κ3) is 2.33. The molecule has 0 aromatic rings. The van der Waals surface area contributed by atoms with E-state index < -0.39 is 41.1 Å². The number of aliphatic hydroxyl groups excluding tert-OH is 2. The number of carbonyl (C=O) groups excluding carboxylic acids is 2. The Balaban J connectivity index is 1.77. The summed E-state index contributed by atoms with van der Waals surface area (Å²) in [5.41, 5.74) is -2.61. The van der Waals surface area contributed by atoms with E-state index in [9.17, 15) is 24.9 Å². The number of aliphatic hydroxyl groups is 3. The van der Waals surface area contributed by atoms with Gasteiger partial charge in [-0.15, -0.1) is 0 Å². The van der Waals surface area contributed by atoms with Gasteiger partial charge in [-0.25, -0.2) is 4.39 Å². The van der Waals surface area contributed by atoms with E-state index in [-0.39, 0.29) is 42.8 Å². The van der Waals surface area contributed by atoms with Gasteiger partial charge in [-0.1, -0.05) is 13.8 Å². The summed E-state index contributed by atoms with van der Waals surface area (Å²) in [5, 5.41) is 31.6. The van der Waals surface area contributed by atoms with Crippen LogP contribution >= 0.6 is 0 Å². The number of Topliss-reactive ketones (excluding diaryl/α,β-unsaturated/α-hetero) is 1. The largest absolute Gasteiger partial charge is 0.393 e. The molecule has 0 spiro atoms. The van der Waals surface area contributed by atoms with Gasteiger partial charge in [0.15, 0.2) is 11.6 Å². The maximum Gasteiger partial charge on any atom is 0.190 e. The summed E-state index contributed by atoms with van der Waals surface area (Å²) in [7, 11) is 0. The van der Waals surface area contributed by atoms with E-state index in [2.05, 4.69) is 0 Å². The Morgan fingerprint density at radius 3 is 2.70 bits per heavy atom. The summed E-state index contributed by atoms with van der Waals surface area (Å²) < 4.78 is 15.2. The van der Waals surface area contributed by atoms with Gasteiger partial charge in [-0.2, -0.15) is 0 Å². The summed E-state index contributed by atoms with van der Waals surface area (Å²) in [6.07, 6.45) is 1.57. The predicted octanol–water partition coefficient (Wildman–Crippen LogP) is 1.73. The number of halogens is 1. The molecule has 3 N–H and O–H groups in total. The number of fused-ring (bicyclic) bond motifs is 5. The Bertz CT molecular complexity index is 719. The van der Waals surface area contributed by atoms with Crippen LogP contribution in [0.5, 0.6) is 0 Å². The van der Waals surface area contributed by atoms with Crippen LogP contribution in [0.1, 0.15) is 52.4 Å². The summed E-state index contributed by atoms with van der Waals surface area (Å²) in [6, 6.07) is 0. The zero-order chi connectivity index (χ0) is 19.8. The maximum absolute atomic E-state index is 15.2. The molecule has 150 valence electrons. The first-order chi connectivity index (χ1) is 12.6. The lowest BCUT2D eigenvalue weighted by Crippen LogP contribution is -2.63. The molecule has 0 heterocycles. The molecule has 6 heteroatoms. The number of hydrogen-bond donors (Lipinski definition) is 3. The van der Waals surface area contributed by atoms with Gasteiger partial charge in [0.1, 0.15) is 18.4 Å². The van der Waals surface area contributed by atoms with Crippen LogP contribution in [-0.2, 0) is 9.59 Å². The van der Waals surface area contributed by atoms with Crippen LogP contribution in [0.4, 0.5) is 4.39 Å². The second-order valence-corrected chi connectivity index (χ2v) is 9.65. The molecule has 0 radical (unpaired) electrons. The van der Waals surface area contributed by atoms with E-state index in [1.54, 1.807) is 0 Å². The smallest absolute Gasteiger partial charge is 0.190 e. The molecule has 27 heavy (non-hydrogen) atoms. The fourth-order valence-electron chi connectivity index (χ4n) is 7.29. The second-order valence-electron chi connectivity index (χ2n) is 9.65. The summed E-state index contributed by atoms with van der Waals surface area (Å²) >= 11 is 0. The van der Waals surface area contributed by atoms with Crippen molar-refractivity contribution < 1.29 is 29.3 Å². The van der Waals surface area contributed by atoms with Crippen LogP contribution in [0.2, 0.25) is 0 Å². The zero-order valence-corrected chi connectivity index (χ0v) is 15.9. The average Bonchev–Trinajstić information content (AvgIpc) is 2.87. The van der Waals surface area contributed by atoms with Gasteiger partial charge in [0, 0.05) is 11.8 Å². The van der Waals surface area contributed by atoms with E-state index in [0.29, 0.717) is 24.8 Å². The molecule has 8 atom stereocenters. The van der Waals surface area contributed by atoms with E-state index in [4.69, 9.17) is 0 Å². The van der Waals surface area contributed by atoms with E-state index in [1.807, 2.05) is 13.8 Å². The highest BCUT2D eigenvalue weighted by molar-refractivity contribution is 5.92. The highest BCUT2D eigenvalue weighted by Crippen LogP contribution is 2.67. The molecular weight excluding hydrogens is 351 g/mol. The molecule has 0 aromatic heterocycles. The van der Waals surface area contributed by atoms with Crippen LogP contribution in [0.3, 0.4) is 0 Å². The lowest BCUT2D eigenvalue weighted by molar-refractivity contribution is -0.185. The van der Waals surface area contributed by atoms with Gasteiger partial charge < -0.3 is 15.3 Å². The molecule has 4 aliphatic carbocycles. The minimum absolute atomic E-state index is 0.0532. The van der Waals surface area contributed by atoms with Gasteiger partial charge in [0.2, 0.25) is 0 Å². The zero-order valence-electron chi connectivity index (χ0n) is 15.9. The molecule has 0 aromatic carbocycles. The van der Waals surface area contributed by atoms with Gasteiger partial charge in [0.05, 0.1) is 6.10 Å². The molecule has 5 nitrogen and oxygen atoms in total. The number of rotatable bonds is 2. The standard InChI is InChI=1S/C21H29FO5/c1-19-5-3-11(24)7-14(19)15(22)8-12-13-4-6-21(27,17(26)10-23)20(13,2)9-16(25)18(12)19/h7,12-13,15-16,18,23,25,27H,3-6,8-10H2,1-2H3/t12-,13-,15+,16+,18+,19-,20-,21-/m0/s1. The number of carbonyl (C=O) groups is 2. The third-order valence-corrected chi connectivity index (χ3v) is 8.63. The molecule has 3 fully saturated rings. The minimum atomic E-state index is -1.68. The van der Waals surface area contributed by atoms with Crippen LogP contribution < -0.4 is 0 Å². The van der Waals surface area contributed by atoms with Crippen LogP contribution in [0, 0.1) is 28.6 Å². The van der Waals surface area contributed by atoms with Crippen molar-refractivity contribution in [2.24, 2.45) is 28.6 Å². The molecule has 0 amide bonds. The molecule has 0 saturated heterocycles. The summed E-state index contributed by atoms with van der Waals surface area (Å²) in [4.78, 5) is 24.2. The number of alkyl halides is 1.